The summed E-state index contributed by atoms with van der Waals surface area (Å²) in [6.07, 6.45) is 9.07. The van der Waals surface area contributed by atoms with Crippen LogP contribution in [0.4, 0.5) is 0 Å². The Labute approximate surface area is 116 Å². The van der Waals surface area contributed by atoms with Crippen molar-refractivity contribution in [2.24, 2.45) is 5.92 Å². The molecule has 2 aliphatic heterocycles. The van der Waals surface area contributed by atoms with Crippen molar-refractivity contribution in [1.82, 2.24) is 15.5 Å². The number of rotatable bonds is 5. The van der Waals surface area contributed by atoms with Gasteiger partial charge >= 0.3 is 0 Å². The van der Waals surface area contributed by atoms with Crippen LogP contribution in [0.3, 0.4) is 0 Å². The number of hydrogen-bond donors (Lipinski definition) is 2. The first kappa shape index (κ1) is 13.4. The Morgan fingerprint density at radius 3 is 2.47 bits per heavy atom. The lowest BCUT2D eigenvalue weighted by Gasteiger charge is -2.47. The molecule has 3 rings (SSSR count). The molecular weight excluding hydrogens is 238 g/mol. The third kappa shape index (κ3) is 3.48. The SMILES string of the molecule is CN1C2CCCC1CC(NCC(=O)NCC1CC1)C2. The molecule has 2 saturated heterocycles. The van der Waals surface area contributed by atoms with Crippen molar-refractivity contribution in [3.8, 4) is 0 Å². The fourth-order valence-corrected chi connectivity index (χ4v) is 3.66. The first-order chi connectivity index (χ1) is 9.22. The van der Waals surface area contributed by atoms with Gasteiger partial charge in [-0.2, -0.15) is 0 Å². The predicted molar refractivity (Wildman–Crippen MR) is 75.9 cm³/mol. The molecule has 0 radical (unpaired) electrons. The quantitative estimate of drug-likeness (QED) is 0.783. The highest BCUT2D eigenvalue weighted by molar-refractivity contribution is 5.78. The molecule has 2 bridgehead atoms. The maximum absolute atomic E-state index is 11.7. The molecule has 1 aliphatic carbocycles. The van der Waals surface area contributed by atoms with Crippen LogP contribution >= 0.6 is 0 Å². The van der Waals surface area contributed by atoms with Gasteiger partial charge in [-0.05, 0) is 51.5 Å². The summed E-state index contributed by atoms with van der Waals surface area (Å²) in [5.74, 6) is 0.947. The van der Waals surface area contributed by atoms with E-state index in [0.717, 1.165) is 24.5 Å². The third-order valence-corrected chi connectivity index (χ3v) is 5.18. The van der Waals surface area contributed by atoms with E-state index in [4.69, 9.17) is 0 Å². The van der Waals surface area contributed by atoms with Crippen molar-refractivity contribution >= 4 is 5.91 Å². The fraction of sp³-hybridized carbons (Fsp3) is 0.933. The van der Waals surface area contributed by atoms with E-state index in [9.17, 15) is 4.79 Å². The van der Waals surface area contributed by atoms with Crippen LogP contribution < -0.4 is 10.6 Å². The maximum Gasteiger partial charge on any atom is 0.233 e. The van der Waals surface area contributed by atoms with E-state index in [2.05, 4.69) is 22.6 Å². The average molecular weight is 265 g/mol. The minimum Gasteiger partial charge on any atom is -0.355 e. The van der Waals surface area contributed by atoms with Gasteiger partial charge < -0.3 is 15.5 Å². The van der Waals surface area contributed by atoms with Crippen molar-refractivity contribution < 1.29 is 4.79 Å². The van der Waals surface area contributed by atoms with Crippen LogP contribution in [0.2, 0.25) is 0 Å². The van der Waals surface area contributed by atoms with Gasteiger partial charge in [0.15, 0.2) is 0 Å². The highest BCUT2D eigenvalue weighted by Crippen LogP contribution is 2.32. The van der Waals surface area contributed by atoms with E-state index in [1.54, 1.807) is 0 Å². The van der Waals surface area contributed by atoms with Crippen molar-refractivity contribution in [3.63, 3.8) is 0 Å². The smallest absolute Gasteiger partial charge is 0.233 e. The summed E-state index contributed by atoms with van der Waals surface area (Å²) in [5.41, 5.74) is 0. The zero-order valence-electron chi connectivity index (χ0n) is 12.0. The largest absolute Gasteiger partial charge is 0.355 e. The molecule has 0 aromatic heterocycles. The second-order valence-electron chi connectivity index (χ2n) is 6.70. The van der Waals surface area contributed by atoms with Gasteiger partial charge in [0.05, 0.1) is 6.54 Å². The number of nitrogens with zero attached hydrogens (tertiary/aromatic N) is 1. The minimum atomic E-state index is 0.177. The first-order valence-corrected chi connectivity index (χ1v) is 7.94. The normalized spacial score (nSPS) is 35.1. The molecule has 108 valence electrons. The van der Waals surface area contributed by atoms with Crippen LogP contribution in [0.5, 0.6) is 0 Å². The Kier molecular flexibility index (Phi) is 4.08. The standard InChI is InChI=1S/C15H27N3O/c1-18-13-3-2-4-14(18)8-12(7-13)16-10-15(19)17-9-11-5-6-11/h11-14,16H,2-10H2,1H3,(H,17,19). The van der Waals surface area contributed by atoms with Gasteiger partial charge in [-0.1, -0.05) is 6.42 Å². The minimum absolute atomic E-state index is 0.177. The molecule has 3 aliphatic rings. The van der Waals surface area contributed by atoms with Gasteiger partial charge in [-0.25, -0.2) is 0 Å². The molecule has 2 N–H and O–H groups in total. The Morgan fingerprint density at radius 1 is 1.16 bits per heavy atom. The zero-order chi connectivity index (χ0) is 13.2. The summed E-state index contributed by atoms with van der Waals surface area (Å²) in [4.78, 5) is 14.3. The molecule has 0 aromatic carbocycles. The summed E-state index contributed by atoms with van der Waals surface area (Å²) < 4.78 is 0. The van der Waals surface area contributed by atoms with Gasteiger partial charge in [0.25, 0.3) is 0 Å². The van der Waals surface area contributed by atoms with Crippen LogP contribution in [0.25, 0.3) is 0 Å². The lowest BCUT2D eigenvalue weighted by Crippen LogP contribution is -2.55. The molecule has 0 spiro atoms. The number of carbonyl (C=O) groups excluding carboxylic acids is 1. The topological polar surface area (TPSA) is 44.4 Å². The van der Waals surface area contributed by atoms with Gasteiger partial charge in [-0.15, -0.1) is 0 Å². The Bertz CT molecular complexity index is 315. The molecule has 1 amide bonds. The van der Waals surface area contributed by atoms with Crippen molar-refractivity contribution in [3.05, 3.63) is 0 Å². The second-order valence-corrected chi connectivity index (χ2v) is 6.70. The summed E-state index contributed by atoms with van der Waals surface area (Å²) in [6, 6.07) is 2.01. The van der Waals surface area contributed by atoms with E-state index in [1.165, 1.54) is 44.9 Å². The second kappa shape index (κ2) is 5.80. The van der Waals surface area contributed by atoms with Crippen LogP contribution in [0.1, 0.15) is 44.9 Å². The van der Waals surface area contributed by atoms with E-state index < -0.39 is 0 Å². The first-order valence-electron chi connectivity index (χ1n) is 7.94. The van der Waals surface area contributed by atoms with E-state index in [1.807, 2.05) is 0 Å². The molecule has 4 nitrogen and oxygen atoms in total. The number of hydrogen-bond acceptors (Lipinski definition) is 3. The lowest BCUT2D eigenvalue weighted by molar-refractivity contribution is -0.120. The molecule has 1 saturated carbocycles. The van der Waals surface area contributed by atoms with Crippen molar-refractivity contribution in [1.29, 1.82) is 0 Å². The van der Waals surface area contributed by atoms with Gasteiger partial charge in [-0.3, -0.25) is 4.79 Å². The van der Waals surface area contributed by atoms with Crippen LogP contribution in [0.15, 0.2) is 0 Å². The van der Waals surface area contributed by atoms with Gasteiger partial charge in [0.1, 0.15) is 0 Å². The molecule has 4 heteroatoms. The monoisotopic (exact) mass is 265 g/mol. The van der Waals surface area contributed by atoms with Crippen LogP contribution in [-0.4, -0.2) is 49.1 Å². The maximum atomic E-state index is 11.7. The number of amides is 1. The Morgan fingerprint density at radius 2 is 1.84 bits per heavy atom. The molecule has 2 unspecified atom stereocenters. The summed E-state index contributed by atoms with van der Waals surface area (Å²) in [6.45, 7) is 1.39. The van der Waals surface area contributed by atoms with Crippen LogP contribution in [-0.2, 0) is 4.79 Å². The van der Waals surface area contributed by atoms with Gasteiger partial charge in [0, 0.05) is 24.7 Å². The molecular formula is C15H27N3O. The lowest BCUT2D eigenvalue weighted by atomic mass is 9.82. The number of carbonyl (C=O) groups is 1. The summed E-state index contributed by atoms with van der Waals surface area (Å²) in [5, 5.41) is 6.51. The molecule has 2 heterocycles. The van der Waals surface area contributed by atoms with Crippen molar-refractivity contribution in [2.45, 2.75) is 63.1 Å². The Balaban J connectivity index is 1.39. The third-order valence-electron chi connectivity index (χ3n) is 5.18. The molecule has 0 aromatic rings. The zero-order valence-corrected chi connectivity index (χ0v) is 12.0. The van der Waals surface area contributed by atoms with Crippen molar-refractivity contribution in [2.75, 3.05) is 20.1 Å². The molecule has 2 atom stereocenters. The van der Waals surface area contributed by atoms with E-state index in [-0.39, 0.29) is 5.91 Å². The summed E-state index contributed by atoms with van der Waals surface area (Å²) in [7, 11) is 2.27. The Hall–Kier alpha value is -0.610. The van der Waals surface area contributed by atoms with E-state index >= 15 is 0 Å². The van der Waals surface area contributed by atoms with E-state index in [0.29, 0.717) is 12.6 Å². The molecule has 19 heavy (non-hydrogen) atoms. The van der Waals surface area contributed by atoms with Crippen LogP contribution in [0, 0.1) is 5.92 Å². The average Bonchev–Trinajstić information content (AvgIpc) is 3.18. The summed E-state index contributed by atoms with van der Waals surface area (Å²) >= 11 is 0. The molecule has 3 fully saturated rings. The number of piperidine rings is 2. The number of fused-ring (bicyclic) bond motifs is 2. The number of nitrogens with one attached hydrogen (secondary N) is 2. The van der Waals surface area contributed by atoms with Gasteiger partial charge in [0.2, 0.25) is 5.91 Å². The fourth-order valence-electron chi connectivity index (χ4n) is 3.66. The predicted octanol–water partition coefficient (Wildman–Crippen LogP) is 1.12. The highest BCUT2D eigenvalue weighted by Gasteiger charge is 2.35. The highest BCUT2D eigenvalue weighted by atomic mass is 16.1.